The first-order valence-corrected chi connectivity index (χ1v) is 4.66. The summed E-state index contributed by atoms with van der Waals surface area (Å²) in [6.45, 7) is 1.93. The molecule has 0 aliphatic heterocycles. The van der Waals surface area contributed by atoms with Crippen LogP contribution in [-0.2, 0) is 11.2 Å². The van der Waals surface area contributed by atoms with Gasteiger partial charge in [0, 0.05) is 0 Å². The van der Waals surface area contributed by atoms with E-state index in [-0.39, 0.29) is 0 Å². The smallest absolute Gasteiger partial charge is 0.320 e. The summed E-state index contributed by atoms with van der Waals surface area (Å²) in [5, 5.41) is 8.68. The van der Waals surface area contributed by atoms with Crippen molar-refractivity contribution in [3.05, 3.63) is 29.3 Å². The highest BCUT2D eigenvalue weighted by atomic mass is 16.5. The summed E-state index contributed by atoms with van der Waals surface area (Å²) in [4.78, 5) is 10.6. The minimum absolute atomic E-state index is 0.313. The summed E-state index contributed by atoms with van der Waals surface area (Å²) in [6, 6.07) is 4.73. The summed E-state index contributed by atoms with van der Waals surface area (Å²) in [5.41, 5.74) is 7.36. The van der Waals surface area contributed by atoms with Crippen LogP contribution in [0.15, 0.2) is 18.2 Å². The fourth-order valence-corrected chi connectivity index (χ4v) is 1.40. The van der Waals surface area contributed by atoms with Crippen molar-refractivity contribution in [2.24, 2.45) is 5.73 Å². The van der Waals surface area contributed by atoms with Gasteiger partial charge in [0.05, 0.1) is 7.11 Å². The van der Waals surface area contributed by atoms with Gasteiger partial charge in [0.2, 0.25) is 0 Å². The molecular weight excluding hydrogens is 194 g/mol. The second kappa shape index (κ2) is 4.79. The van der Waals surface area contributed by atoms with Crippen LogP contribution in [-0.4, -0.2) is 24.2 Å². The van der Waals surface area contributed by atoms with Crippen LogP contribution in [0.5, 0.6) is 5.75 Å². The molecule has 0 aliphatic carbocycles. The Morgan fingerprint density at radius 2 is 2.20 bits per heavy atom. The SMILES string of the molecule is COc1cc(C)cc(C[C@H](N)C(=O)O)c1. The molecule has 0 unspecified atom stereocenters. The largest absolute Gasteiger partial charge is 0.497 e. The molecule has 3 N–H and O–H groups in total. The number of carbonyl (C=O) groups is 1. The molecule has 15 heavy (non-hydrogen) atoms. The quantitative estimate of drug-likeness (QED) is 0.774. The molecule has 1 atom stereocenters. The Morgan fingerprint density at radius 3 is 2.73 bits per heavy atom. The first-order chi connectivity index (χ1) is 7.02. The van der Waals surface area contributed by atoms with Crippen molar-refractivity contribution in [3.8, 4) is 5.75 Å². The average Bonchev–Trinajstić information content (AvgIpc) is 2.16. The molecule has 0 amide bonds. The van der Waals surface area contributed by atoms with Gasteiger partial charge in [-0.15, -0.1) is 0 Å². The number of carboxylic acid groups (broad SMARTS) is 1. The summed E-state index contributed by atoms with van der Waals surface area (Å²) < 4.78 is 5.09. The van der Waals surface area contributed by atoms with Crippen LogP contribution in [0.3, 0.4) is 0 Å². The molecule has 4 nitrogen and oxygen atoms in total. The van der Waals surface area contributed by atoms with E-state index in [2.05, 4.69) is 0 Å². The molecule has 0 fully saturated rings. The molecule has 0 saturated carbocycles. The highest BCUT2D eigenvalue weighted by Gasteiger charge is 2.12. The van der Waals surface area contributed by atoms with Crippen molar-refractivity contribution in [3.63, 3.8) is 0 Å². The van der Waals surface area contributed by atoms with Gasteiger partial charge in [-0.2, -0.15) is 0 Å². The van der Waals surface area contributed by atoms with Crippen LogP contribution in [0.25, 0.3) is 0 Å². The van der Waals surface area contributed by atoms with Gasteiger partial charge in [-0.1, -0.05) is 6.07 Å². The van der Waals surface area contributed by atoms with Crippen molar-refractivity contribution in [1.29, 1.82) is 0 Å². The monoisotopic (exact) mass is 209 g/mol. The van der Waals surface area contributed by atoms with E-state index in [9.17, 15) is 4.79 Å². The van der Waals surface area contributed by atoms with E-state index in [0.29, 0.717) is 6.42 Å². The first kappa shape index (κ1) is 11.5. The normalized spacial score (nSPS) is 12.2. The number of hydrogen-bond donors (Lipinski definition) is 2. The molecule has 0 radical (unpaired) electrons. The van der Waals surface area contributed by atoms with Crippen LogP contribution >= 0.6 is 0 Å². The van der Waals surface area contributed by atoms with Gasteiger partial charge in [0.25, 0.3) is 0 Å². The van der Waals surface area contributed by atoms with Crippen molar-refractivity contribution in [2.75, 3.05) is 7.11 Å². The maximum atomic E-state index is 10.6. The van der Waals surface area contributed by atoms with E-state index in [0.717, 1.165) is 16.9 Å². The molecule has 0 aromatic heterocycles. The van der Waals surface area contributed by atoms with Gasteiger partial charge in [-0.05, 0) is 36.6 Å². The highest BCUT2D eigenvalue weighted by molar-refractivity contribution is 5.73. The number of carboxylic acids is 1. The van der Waals surface area contributed by atoms with Gasteiger partial charge < -0.3 is 15.6 Å². The second-order valence-corrected chi connectivity index (χ2v) is 3.51. The summed E-state index contributed by atoms with van der Waals surface area (Å²) in [7, 11) is 1.58. The molecule has 0 saturated heterocycles. The average molecular weight is 209 g/mol. The predicted molar refractivity (Wildman–Crippen MR) is 57.0 cm³/mol. The minimum Gasteiger partial charge on any atom is -0.497 e. The standard InChI is InChI=1S/C11H15NO3/c1-7-3-8(5-9(4-7)15-2)6-10(12)11(13)14/h3-5,10H,6,12H2,1-2H3,(H,13,14)/t10-/m0/s1. The van der Waals surface area contributed by atoms with Gasteiger partial charge in [-0.3, -0.25) is 4.79 Å². The lowest BCUT2D eigenvalue weighted by molar-refractivity contribution is -0.138. The number of rotatable bonds is 4. The van der Waals surface area contributed by atoms with Crippen LogP contribution in [0.4, 0.5) is 0 Å². The summed E-state index contributed by atoms with van der Waals surface area (Å²) in [5.74, 6) is -0.266. The van der Waals surface area contributed by atoms with Crippen molar-refractivity contribution >= 4 is 5.97 Å². The zero-order chi connectivity index (χ0) is 11.4. The molecule has 82 valence electrons. The van der Waals surface area contributed by atoms with Gasteiger partial charge in [0.15, 0.2) is 0 Å². The van der Waals surface area contributed by atoms with Crippen LogP contribution < -0.4 is 10.5 Å². The molecule has 1 aromatic rings. The summed E-state index contributed by atoms with van der Waals surface area (Å²) in [6.07, 6.45) is 0.313. The number of methoxy groups -OCH3 is 1. The van der Waals surface area contributed by atoms with Gasteiger partial charge >= 0.3 is 5.97 Å². The van der Waals surface area contributed by atoms with Crippen LogP contribution in [0, 0.1) is 6.92 Å². The third-order valence-corrected chi connectivity index (χ3v) is 2.12. The predicted octanol–water partition coefficient (Wildman–Crippen LogP) is 0.958. The van der Waals surface area contributed by atoms with E-state index in [1.165, 1.54) is 0 Å². The molecule has 0 aliphatic rings. The Morgan fingerprint density at radius 1 is 1.53 bits per heavy atom. The maximum absolute atomic E-state index is 10.6. The highest BCUT2D eigenvalue weighted by Crippen LogP contribution is 2.17. The van der Waals surface area contributed by atoms with E-state index in [1.54, 1.807) is 13.2 Å². The Hall–Kier alpha value is -1.55. The number of nitrogens with two attached hydrogens (primary N) is 1. The maximum Gasteiger partial charge on any atom is 0.320 e. The van der Waals surface area contributed by atoms with Crippen molar-refractivity contribution in [1.82, 2.24) is 0 Å². The Labute approximate surface area is 88.7 Å². The summed E-state index contributed by atoms with van der Waals surface area (Å²) >= 11 is 0. The lowest BCUT2D eigenvalue weighted by Gasteiger charge is -2.09. The number of ether oxygens (including phenoxy) is 1. The molecule has 0 spiro atoms. The number of aliphatic carboxylic acids is 1. The number of benzene rings is 1. The minimum atomic E-state index is -0.990. The fraction of sp³-hybridized carbons (Fsp3) is 0.364. The lowest BCUT2D eigenvalue weighted by Crippen LogP contribution is -2.32. The van der Waals surface area contributed by atoms with Gasteiger partial charge in [-0.25, -0.2) is 0 Å². The zero-order valence-electron chi connectivity index (χ0n) is 8.86. The van der Waals surface area contributed by atoms with E-state index < -0.39 is 12.0 Å². The first-order valence-electron chi connectivity index (χ1n) is 4.66. The molecular formula is C11H15NO3. The Bertz CT molecular complexity index is 363. The van der Waals surface area contributed by atoms with Crippen molar-refractivity contribution < 1.29 is 14.6 Å². The topological polar surface area (TPSA) is 72.5 Å². The van der Waals surface area contributed by atoms with E-state index >= 15 is 0 Å². The molecule has 1 rings (SSSR count). The molecule has 0 bridgehead atoms. The van der Waals surface area contributed by atoms with Crippen LogP contribution in [0.2, 0.25) is 0 Å². The molecule has 0 heterocycles. The van der Waals surface area contributed by atoms with E-state index in [1.807, 2.05) is 19.1 Å². The molecule has 1 aromatic carbocycles. The molecule has 4 heteroatoms. The second-order valence-electron chi connectivity index (χ2n) is 3.51. The van der Waals surface area contributed by atoms with Crippen LogP contribution in [0.1, 0.15) is 11.1 Å². The van der Waals surface area contributed by atoms with Gasteiger partial charge in [0.1, 0.15) is 11.8 Å². The Balaban J connectivity index is 2.85. The fourth-order valence-electron chi connectivity index (χ4n) is 1.40. The zero-order valence-corrected chi connectivity index (χ0v) is 8.86. The third kappa shape index (κ3) is 3.25. The lowest BCUT2D eigenvalue weighted by atomic mass is 10.0. The van der Waals surface area contributed by atoms with Crippen molar-refractivity contribution in [2.45, 2.75) is 19.4 Å². The number of hydrogen-bond acceptors (Lipinski definition) is 3. The van der Waals surface area contributed by atoms with E-state index in [4.69, 9.17) is 15.6 Å². The Kier molecular flexibility index (Phi) is 3.68. The number of aryl methyl sites for hydroxylation is 1. The third-order valence-electron chi connectivity index (χ3n) is 2.12.